The Labute approximate surface area is 75.8 Å². The van der Waals surface area contributed by atoms with Gasteiger partial charge in [0.2, 0.25) is 0 Å². The maximum absolute atomic E-state index is 5.79. The molecule has 1 fully saturated rings. The van der Waals surface area contributed by atoms with E-state index in [1.165, 1.54) is 5.57 Å². The molecule has 12 heavy (non-hydrogen) atoms. The fraction of sp³-hybridized carbons (Fsp3) is 0.818. The van der Waals surface area contributed by atoms with Gasteiger partial charge in [0.1, 0.15) is 0 Å². The smallest absolute Gasteiger partial charge is 0.0693 e. The molecule has 1 aliphatic heterocycles. The number of rotatable bonds is 2. The van der Waals surface area contributed by atoms with Crippen LogP contribution in [-0.2, 0) is 4.74 Å². The number of hydrogen-bond acceptors (Lipinski definition) is 1. The van der Waals surface area contributed by atoms with Gasteiger partial charge in [0.05, 0.1) is 12.2 Å². The lowest BCUT2D eigenvalue weighted by Gasteiger charge is -2.36. The monoisotopic (exact) mass is 168 g/mol. The molecule has 0 N–H and O–H groups in total. The van der Waals surface area contributed by atoms with E-state index in [9.17, 15) is 0 Å². The largest absolute Gasteiger partial charge is 0.375 e. The Bertz CT molecular complexity index is 172. The molecular formula is C11H20O. The summed E-state index contributed by atoms with van der Waals surface area (Å²) in [5, 5.41) is 0. The Morgan fingerprint density at radius 1 is 1.58 bits per heavy atom. The quantitative estimate of drug-likeness (QED) is 0.575. The van der Waals surface area contributed by atoms with Crippen molar-refractivity contribution in [2.45, 2.75) is 45.6 Å². The van der Waals surface area contributed by atoms with Crippen LogP contribution < -0.4 is 0 Å². The van der Waals surface area contributed by atoms with Gasteiger partial charge in [-0.3, -0.25) is 0 Å². The van der Waals surface area contributed by atoms with Crippen molar-refractivity contribution in [3.05, 3.63) is 12.2 Å². The molecule has 1 nitrogen and oxygen atoms in total. The highest BCUT2D eigenvalue weighted by atomic mass is 16.5. The van der Waals surface area contributed by atoms with Gasteiger partial charge in [0.15, 0.2) is 0 Å². The second kappa shape index (κ2) is 3.61. The minimum absolute atomic E-state index is 0.0729. The molecule has 0 aliphatic carbocycles. The average molecular weight is 168 g/mol. The SMILES string of the molecule is C=C1CCOC(C)(CC(C)C)C1. The van der Waals surface area contributed by atoms with Crippen LogP contribution in [0.4, 0.5) is 0 Å². The van der Waals surface area contributed by atoms with Crippen molar-refractivity contribution in [3.63, 3.8) is 0 Å². The lowest BCUT2D eigenvalue weighted by Crippen LogP contribution is -2.35. The van der Waals surface area contributed by atoms with Gasteiger partial charge in [-0.2, -0.15) is 0 Å². The molecule has 1 rings (SSSR count). The van der Waals surface area contributed by atoms with Gasteiger partial charge in [-0.15, -0.1) is 0 Å². The van der Waals surface area contributed by atoms with E-state index < -0.39 is 0 Å². The molecule has 1 heteroatoms. The van der Waals surface area contributed by atoms with Crippen LogP contribution in [0, 0.1) is 5.92 Å². The van der Waals surface area contributed by atoms with Gasteiger partial charge in [0.25, 0.3) is 0 Å². The molecule has 1 aliphatic rings. The molecule has 0 aromatic heterocycles. The molecule has 1 atom stereocenters. The van der Waals surface area contributed by atoms with E-state index in [0.717, 1.165) is 25.9 Å². The fourth-order valence-electron chi connectivity index (χ4n) is 2.10. The summed E-state index contributed by atoms with van der Waals surface area (Å²) >= 11 is 0. The predicted molar refractivity (Wildman–Crippen MR) is 52.2 cm³/mol. The second-order valence-corrected chi connectivity index (χ2v) is 4.57. The maximum atomic E-state index is 5.79. The zero-order valence-corrected chi connectivity index (χ0v) is 8.52. The van der Waals surface area contributed by atoms with Crippen LogP contribution in [0.2, 0.25) is 0 Å². The highest BCUT2D eigenvalue weighted by Gasteiger charge is 2.29. The topological polar surface area (TPSA) is 9.23 Å². The first-order valence-electron chi connectivity index (χ1n) is 4.82. The Kier molecular flexibility index (Phi) is 2.94. The van der Waals surface area contributed by atoms with Gasteiger partial charge in [-0.25, -0.2) is 0 Å². The third kappa shape index (κ3) is 2.63. The standard InChI is InChI=1S/C11H20O/c1-9(2)7-11(4)8-10(3)5-6-12-11/h9H,3,5-8H2,1-2,4H3. The molecule has 0 aromatic carbocycles. The van der Waals surface area contributed by atoms with Gasteiger partial charge < -0.3 is 4.74 Å². The van der Waals surface area contributed by atoms with Crippen LogP contribution in [-0.4, -0.2) is 12.2 Å². The summed E-state index contributed by atoms with van der Waals surface area (Å²) in [4.78, 5) is 0. The minimum atomic E-state index is 0.0729. The Morgan fingerprint density at radius 3 is 2.75 bits per heavy atom. The Morgan fingerprint density at radius 2 is 2.25 bits per heavy atom. The summed E-state index contributed by atoms with van der Waals surface area (Å²) in [6, 6.07) is 0. The zero-order chi connectivity index (χ0) is 9.19. The summed E-state index contributed by atoms with van der Waals surface area (Å²) in [6.45, 7) is 11.6. The normalized spacial score (nSPS) is 31.2. The highest BCUT2D eigenvalue weighted by molar-refractivity contribution is 5.03. The molecule has 1 saturated heterocycles. The first kappa shape index (κ1) is 9.79. The lowest BCUT2D eigenvalue weighted by molar-refractivity contribution is -0.0600. The first-order chi connectivity index (χ1) is 5.52. The molecule has 0 saturated carbocycles. The van der Waals surface area contributed by atoms with Crippen LogP contribution in [0.25, 0.3) is 0 Å². The van der Waals surface area contributed by atoms with Gasteiger partial charge in [-0.1, -0.05) is 26.0 Å². The summed E-state index contributed by atoms with van der Waals surface area (Å²) in [6.07, 6.45) is 3.24. The van der Waals surface area contributed by atoms with Crippen molar-refractivity contribution in [2.75, 3.05) is 6.61 Å². The van der Waals surface area contributed by atoms with Crippen LogP contribution in [0.5, 0.6) is 0 Å². The van der Waals surface area contributed by atoms with Crippen molar-refractivity contribution in [1.82, 2.24) is 0 Å². The predicted octanol–water partition coefficient (Wildman–Crippen LogP) is 3.16. The van der Waals surface area contributed by atoms with E-state index in [1.54, 1.807) is 0 Å². The first-order valence-corrected chi connectivity index (χ1v) is 4.82. The minimum Gasteiger partial charge on any atom is -0.375 e. The molecule has 0 bridgehead atoms. The molecule has 0 amide bonds. The number of ether oxygens (including phenoxy) is 1. The molecule has 0 radical (unpaired) electrons. The Hall–Kier alpha value is -0.300. The molecule has 1 heterocycles. The van der Waals surface area contributed by atoms with Crippen molar-refractivity contribution < 1.29 is 4.74 Å². The van der Waals surface area contributed by atoms with Crippen LogP contribution in [0.3, 0.4) is 0 Å². The van der Waals surface area contributed by atoms with E-state index in [2.05, 4.69) is 27.4 Å². The molecule has 0 spiro atoms. The number of hydrogen-bond donors (Lipinski definition) is 0. The molecule has 70 valence electrons. The van der Waals surface area contributed by atoms with E-state index in [4.69, 9.17) is 4.74 Å². The van der Waals surface area contributed by atoms with E-state index in [0.29, 0.717) is 5.92 Å². The van der Waals surface area contributed by atoms with E-state index >= 15 is 0 Å². The molecule has 1 unspecified atom stereocenters. The summed E-state index contributed by atoms with van der Waals surface area (Å²) < 4.78 is 5.79. The van der Waals surface area contributed by atoms with E-state index in [-0.39, 0.29) is 5.60 Å². The van der Waals surface area contributed by atoms with E-state index in [1.807, 2.05) is 0 Å². The maximum Gasteiger partial charge on any atom is 0.0693 e. The third-order valence-electron chi connectivity index (χ3n) is 2.37. The van der Waals surface area contributed by atoms with Crippen LogP contribution in [0.1, 0.15) is 40.0 Å². The third-order valence-corrected chi connectivity index (χ3v) is 2.37. The summed E-state index contributed by atoms with van der Waals surface area (Å²) in [5.41, 5.74) is 1.42. The zero-order valence-electron chi connectivity index (χ0n) is 8.52. The lowest BCUT2D eigenvalue weighted by atomic mass is 9.86. The van der Waals surface area contributed by atoms with Crippen molar-refractivity contribution in [3.8, 4) is 0 Å². The van der Waals surface area contributed by atoms with Gasteiger partial charge in [0, 0.05) is 0 Å². The molecule has 0 aromatic rings. The van der Waals surface area contributed by atoms with Crippen molar-refractivity contribution >= 4 is 0 Å². The summed E-state index contributed by atoms with van der Waals surface area (Å²) in [5.74, 6) is 0.709. The van der Waals surface area contributed by atoms with Crippen LogP contribution >= 0.6 is 0 Å². The van der Waals surface area contributed by atoms with Crippen molar-refractivity contribution in [2.24, 2.45) is 5.92 Å². The summed E-state index contributed by atoms with van der Waals surface area (Å²) in [7, 11) is 0. The van der Waals surface area contributed by atoms with Crippen molar-refractivity contribution in [1.29, 1.82) is 0 Å². The van der Waals surface area contributed by atoms with Gasteiger partial charge in [-0.05, 0) is 32.1 Å². The van der Waals surface area contributed by atoms with Crippen LogP contribution in [0.15, 0.2) is 12.2 Å². The molecular weight excluding hydrogens is 148 g/mol. The van der Waals surface area contributed by atoms with Gasteiger partial charge >= 0.3 is 0 Å². The second-order valence-electron chi connectivity index (χ2n) is 4.57. The fourth-order valence-corrected chi connectivity index (χ4v) is 2.10. The highest BCUT2D eigenvalue weighted by Crippen LogP contribution is 2.32. The Balaban J connectivity index is 2.51. The average Bonchev–Trinajstić information content (AvgIpc) is 1.82.